The van der Waals surface area contributed by atoms with Crippen molar-refractivity contribution in [3.8, 4) is 17.2 Å². The molecule has 2 heterocycles. The summed E-state index contributed by atoms with van der Waals surface area (Å²) in [5, 5.41) is 33.7. The third kappa shape index (κ3) is 5.90. The molecule has 0 aliphatic carbocycles. The Morgan fingerprint density at radius 2 is 1.86 bits per heavy atom. The zero-order valence-electron chi connectivity index (χ0n) is 19.7. The molecule has 9 nitrogen and oxygen atoms in total. The number of hydrogen-bond donors (Lipinski definition) is 3. The first-order chi connectivity index (χ1) is 18.1. The molecule has 0 saturated heterocycles. The van der Waals surface area contributed by atoms with Crippen LogP contribution in [-0.4, -0.2) is 57.8 Å². The van der Waals surface area contributed by atoms with Gasteiger partial charge in [0.2, 0.25) is 0 Å². The van der Waals surface area contributed by atoms with Gasteiger partial charge in [-0.2, -0.15) is 0 Å². The molecule has 1 aromatic heterocycles. The van der Waals surface area contributed by atoms with Crippen molar-refractivity contribution in [2.24, 2.45) is 0 Å². The van der Waals surface area contributed by atoms with Gasteiger partial charge in [0.05, 0.1) is 0 Å². The number of rotatable bonds is 10. The predicted octanol–water partition coefficient (Wildman–Crippen LogP) is 3.55. The van der Waals surface area contributed by atoms with E-state index in [1.807, 2.05) is 42.5 Å². The predicted molar refractivity (Wildman–Crippen MR) is 138 cm³/mol. The number of aliphatic hydroxyl groups excluding tert-OH is 1. The Balaban J connectivity index is 1.25. The summed E-state index contributed by atoms with van der Waals surface area (Å²) >= 11 is -1.20. The van der Waals surface area contributed by atoms with E-state index < -0.39 is 21.9 Å². The summed E-state index contributed by atoms with van der Waals surface area (Å²) < 4.78 is 11.9. The molecule has 37 heavy (non-hydrogen) atoms. The molecule has 3 aromatic carbocycles. The number of allylic oxidation sites excluding steroid dienone is 1. The van der Waals surface area contributed by atoms with Gasteiger partial charge >= 0.3 is 215 Å². The number of para-hydroxylation sites is 2. The zero-order chi connectivity index (χ0) is 25.6. The number of phenolic OH excluding ortho intramolecular Hbond substituents is 1. The number of aromatic amines is 1. The van der Waals surface area contributed by atoms with Crippen LogP contribution in [0.2, 0.25) is 0 Å². The van der Waals surface area contributed by atoms with Crippen molar-refractivity contribution in [1.82, 2.24) is 20.6 Å². The summed E-state index contributed by atoms with van der Waals surface area (Å²) in [5.74, 6) is 2.31. The van der Waals surface area contributed by atoms with Crippen LogP contribution in [0.3, 0.4) is 0 Å². The molecule has 0 radical (unpaired) electrons. The van der Waals surface area contributed by atoms with Crippen LogP contribution in [0.25, 0.3) is 5.76 Å². The van der Waals surface area contributed by atoms with Crippen molar-refractivity contribution in [1.29, 1.82) is 0 Å². The number of aromatic nitrogens is 4. The second-order valence-corrected chi connectivity index (χ2v) is 11.3. The molecule has 0 saturated carbocycles. The Morgan fingerprint density at radius 3 is 2.68 bits per heavy atom. The number of carbonyl (C=O) groups excluding carboxylic acids is 1. The van der Waals surface area contributed by atoms with Crippen LogP contribution >= 0.6 is 0 Å². The average Bonchev–Trinajstić information content (AvgIpc) is 3.47. The number of carbonyl (C=O) groups is 1. The number of hydrogen-bond acceptors (Lipinski definition) is 8. The zero-order valence-corrected chi connectivity index (χ0v) is 21.8. The summed E-state index contributed by atoms with van der Waals surface area (Å²) in [6.07, 6.45) is 2.36. The second kappa shape index (κ2) is 11.4. The van der Waals surface area contributed by atoms with Crippen molar-refractivity contribution >= 4 is 26.1 Å². The maximum atomic E-state index is 13.5. The molecule has 188 valence electrons. The SMILES string of the molecule is O=C([AsH]C1C=C(c2nnn[nH]2)Oc2ccccc21)c1ccccc1OCCCC(O)c1ccc(O)cc1. The molecule has 10 heteroatoms. The van der Waals surface area contributed by atoms with Crippen LogP contribution in [0.15, 0.2) is 78.9 Å². The summed E-state index contributed by atoms with van der Waals surface area (Å²) in [5.41, 5.74) is 2.26. The third-order valence-electron chi connectivity index (χ3n) is 5.95. The molecule has 1 aliphatic rings. The molecule has 0 fully saturated rings. The Kier molecular flexibility index (Phi) is 7.63. The molecule has 3 unspecified atom stereocenters. The van der Waals surface area contributed by atoms with E-state index in [1.165, 1.54) is 0 Å². The van der Waals surface area contributed by atoms with Crippen LogP contribution in [0.5, 0.6) is 17.2 Å². The van der Waals surface area contributed by atoms with Crippen molar-refractivity contribution < 1.29 is 24.5 Å². The number of nitrogens with zero attached hydrogens (tertiary/aromatic N) is 3. The van der Waals surface area contributed by atoms with E-state index in [1.54, 1.807) is 36.4 Å². The van der Waals surface area contributed by atoms with Crippen molar-refractivity contribution in [2.75, 3.05) is 6.61 Å². The molecular weight excluding hydrogens is 535 g/mol. The minimum absolute atomic E-state index is 0.0627. The fraction of sp³-hybridized carbons (Fsp3) is 0.185. The van der Waals surface area contributed by atoms with E-state index in [-0.39, 0.29) is 15.0 Å². The van der Waals surface area contributed by atoms with Crippen molar-refractivity contribution in [3.63, 3.8) is 0 Å². The van der Waals surface area contributed by atoms with E-state index >= 15 is 0 Å². The Labute approximate surface area is 219 Å². The number of aliphatic hydroxyl groups is 1. The van der Waals surface area contributed by atoms with Gasteiger partial charge < -0.3 is 5.11 Å². The van der Waals surface area contributed by atoms with Gasteiger partial charge in [0.25, 0.3) is 0 Å². The Morgan fingerprint density at radius 1 is 1.08 bits per heavy atom. The van der Waals surface area contributed by atoms with Gasteiger partial charge in [0, 0.05) is 0 Å². The summed E-state index contributed by atoms with van der Waals surface area (Å²) in [4.78, 5) is 13.5. The van der Waals surface area contributed by atoms with Gasteiger partial charge in [-0.3, -0.25) is 0 Å². The normalized spacial score (nSPS) is 15.6. The third-order valence-corrected chi connectivity index (χ3v) is 8.72. The van der Waals surface area contributed by atoms with Gasteiger partial charge in [-0.15, -0.1) is 0 Å². The van der Waals surface area contributed by atoms with E-state index in [9.17, 15) is 15.0 Å². The molecule has 3 N–H and O–H groups in total. The standard InChI is InChI=1S/C27H25AsN4O5/c33-18-13-11-17(12-14-18)22(34)8-5-15-36-23-9-3-2-7-20(23)26(35)28-21-16-25(27-29-31-32-30-27)37-24-10-4-1-6-19(21)24/h1-4,6-7,9-14,16,21-22,28,33-34H,5,8,15H2,(H,29,30,31,32). The maximum absolute atomic E-state index is 13.5. The minimum atomic E-state index is -1.20. The molecule has 3 atom stereocenters. The second-order valence-electron chi connectivity index (χ2n) is 8.47. The summed E-state index contributed by atoms with van der Waals surface area (Å²) in [6, 6.07) is 21.5. The van der Waals surface area contributed by atoms with Gasteiger partial charge in [0.1, 0.15) is 0 Å². The van der Waals surface area contributed by atoms with Crippen LogP contribution in [0.1, 0.15) is 51.0 Å². The molecule has 0 bridgehead atoms. The number of benzene rings is 3. The molecular formula is C27H25AsN4O5. The van der Waals surface area contributed by atoms with Crippen LogP contribution < -0.4 is 9.47 Å². The first-order valence-corrected chi connectivity index (χ1v) is 14.1. The van der Waals surface area contributed by atoms with Crippen molar-refractivity contribution in [3.05, 3.63) is 101 Å². The van der Waals surface area contributed by atoms with Gasteiger partial charge in [-0.25, -0.2) is 0 Å². The first kappa shape index (κ1) is 24.7. The number of aromatic hydroxyl groups is 1. The van der Waals surface area contributed by atoms with Crippen LogP contribution in [0, 0.1) is 0 Å². The number of ether oxygens (including phenoxy) is 2. The quantitative estimate of drug-likeness (QED) is 0.198. The fourth-order valence-electron chi connectivity index (χ4n) is 4.06. The summed E-state index contributed by atoms with van der Waals surface area (Å²) in [6.45, 7) is 0.363. The molecule has 4 aromatic rings. The Hall–Kier alpha value is -3.94. The van der Waals surface area contributed by atoms with Crippen LogP contribution in [0.4, 0.5) is 0 Å². The van der Waals surface area contributed by atoms with Gasteiger partial charge in [-0.05, 0) is 0 Å². The van der Waals surface area contributed by atoms with E-state index in [0.29, 0.717) is 48.1 Å². The Bertz CT molecular complexity index is 1390. The fourth-order valence-corrected chi connectivity index (χ4v) is 6.73. The number of H-pyrrole nitrogens is 1. The number of nitrogens with one attached hydrogen (secondary N) is 1. The summed E-state index contributed by atoms with van der Waals surface area (Å²) in [7, 11) is 0. The topological polar surface area (TPSA) is 130 Å². The first-order valence-electron chi connectivity index (χ1n) is 11.8. The number of phenols is 1. The molecule has 5 rings (SSSR count). The van der Waals surface area contributed by atoms with Gasteiger partial charge in [0.15, 0.2) is 0 Å². The molecule has 0 spiro atoms. The average molecular weight is 560 g/mol. The van der Waals surface area contributed by atoms with Crippen LogP contribution in [-0.2, 0) is 0 Å². The molecule has 1 aliphatic heterocycles. The van der Waals surface area contributed by atoms with E-state index in [4.69, 9.17) is 9.47 Å². The van der Waals surface area contributed by atoms with Crippen molar-refractivity contribution in [2.45, 2.75) is 23.7 Å². The van der Waals surface area contributed by atoms with E-state index in [0.717, 1.165) is 11.1 Å². The number of fused-ring (bicyclic) bond motifs is 1. The van der Waals surface area contributed by atoms with Gasteiger partial charge in [-0.1, -0.05) is 0 Å². The van der Waals surface area contributed by atoms with E-state index in [2.05, 4.69) is 20.6 Å². The monoisotopic (exact) mass is 560 g/mol. The molecule has 0 amide bonds. The number of tetrazole rings is 1.